The second-order valence-corrected chi connectivity index (χ2v) is 3.18. The molecule has 0 saturated carbocycles. The van der Waals surface area contributed by atoms with E-state index in [4.69, 9.17) is 10.8 Å². The molecule has 0 spiro atoms. The predicted molar refractivity (Wildman–Crippen MR) is 57.7 cm³/mol. The molecule has 1 aromatic rings. The molecule has 2 atom stereocenters. The Balaban J connectivity index is 2.78. The molecule has 0 fully saturated rings. The topological polar surface area (TPSA) is 145 Å². The third kappa shape index (κ3) is 3.36. The van der Waals surface area contributed by atoms with Gasteiger partial charge in [-0.2, -0.15) is 0 Å². The lowest BCUT2D eigenvalue weighted by atomic mass is 10.2. The van der Waals surface area contributed by atoms with Gasteiger partial charge in [-0.3, -0.25) is 20.2 Å². The molecule has 0 aromatic heterocycles. The van der Waals surface area contributed by atoms with Gasteiger partial charge in [-0.25, -0.2) is 0 Å². The molecular formula is C8H10N4O5. The van der Waals surface area contributed by atoms with Crippen molar-refractivity contribution < 1.29 is 15.0 Å². The maximum atomic E-state index is 10.5. The Kier molecular flexibility index (Phi) is 3.91. The number of aliphatic hydroxyl groups excluding tert-OH is 1. The van der Waals surface area contributed by atoms with Crippen LogP contribution in [0.5, 0.6) is 0 Å². The number of nitro groups is 2. The molecule has 0 bridgehead atoms. The number of benzene rings is 1. The van der Waals surface area contributed by atoms with Crippen molar-refractivity contribution in [3.8, 4) is 0 Å². The van der Waals surface area contributed by atoms with Crippen LogP contribution in [0, 0.1) is 20.2 Å². The van der Waals surface area contributed by atoms with Gasteiger partial charge in [-0.05, 0) is 6.07 Å². The van der Waals surface area contributed by atoms with E-state index in [2.05, 4.69) is 5.32 Å². The van der Waals surface area contributed by atoms with Gasteiger partial charge in [0.25, 0.3) is 5.69 Å². The van der Waals surface area contributed by atoms with Crippen LogP contribution >= 0.6 is 0 Å². The first kappa shape index (κ1) is 12.8. The maximum absolute atomic E-state index is 10.5. The summed E-state index contributed by atoms with van der Waals surface area (Å²) in [6, 6.07) is 5.26. The van der Waals surface area contributed by atoms with Crippen molar-refractivity contribution in [3.63, 3.8) is 0 Å². The van der Waals surface area contributed by atoms with Crippen LogP contribution in [0.1, 0.15) is 0 Å². The number of hydrogen-bond acceptors (Lipinski definition) is 7. The summed E-state index contributed by atoms with van der Waals surface area (Å²) in [6.07, 6.45) is -3.35. The molecule has 0 aliphatic rings. The number of rotatable bonds is 5. The fourth-order valence-electron chi connectivity index (χ4n) is 1.11. The van der Waals surface area contributed by atoms with Crippen LogP contribution in [0.25, 0.3) is 0 Å². The summed E-state index contributed by atoms with van der Waals surface area (Å²) in [7, 11) is 0. The van der Waals surface area contributed by atoms with Crippen LogP contribution in [-0.2, 0) is 0 Å². The molecular weight excluding hydrogens is 232 g/mol. The average Bonchev–Trinajstić information content (AvgIpc) is 2.28. The van der Waals surface area contributed by atoms with Crippen molar-refractivity contribution in [2.75, 3.05) is 5.32 Å². The maximum Gasteiger partial charge on any atom is 0.346 e. The zero-order valence-electron chi connectivity index (χ0n) is 8.52. The van der Waals surface area contributed by atoms with Gasteiger partial charge in [-0.15, -0.1) is 0 Å². The molecule has 17 heavy (non-hydrogen) atoms. The van der Waals surface area contributed by atoms with E-state index in [1.54, 1.807) is 0 Å². The van der Waals surface area contributed by atoms with Gasteiger partial charge >= 0.3 is 6.23 Å². The van der Waals surface area contributed by atoms with Gasteiger partial charge in [-0.1, -0.05) is 6.07 Å². The molecule has 0 aliphatic carbocycles. The molecule has 0 aliphatic heterocycles. The number of anilines is 1. The Hall–Kier alpha value is -2.26. The third-order valence-corrected chi connectivity index (χ3v) is 1.93. The van der Waals surface area contributed by atoms with E-state index in [1.165, 1.54) is 18.2 Å². The SMILES string of the molecule is NC(Nc1cccc([N+](=O)[O-])c1)C(O)[N+](=O)[O-]. The average molecular weight is 242 g/mol. The molecule has 1 aromatic carbocycles. The molecule has 4 N–H and O–H groups in total. The number of hydrogen-bond donors (Lipinski definition) is 3. The number of non-ortho nitro benzene ring substituents is 1. The minimum atomic E-state index is -1.99. The summed E-state index contributed by atoms with van der Waals surface area (Å²) < 4.78 is 0. The number of nitro benzene ring substituents is 1. The monoisotopic (exact) mass is 242 g/mol. The van der Waals surface area contributed by atoms with Crippen molar-refractivity contribution in [2.24, 2.45) is 5.73 Å². The lowest BCUT2D eigenvalue weighted by Crippen LogP contribution is -2.45. The molecule has 9 heteroatoms. The first-order valence-corrected chi connectivity index (χ1v) is 4.50. The second-order valence-electron chi connectivity index (χ2n) is 3.18. The summed E-state index contributed by atoms with van der Waals surface area (Å²) in [5, 5.41) is 32.1. The van der Waals surface area contributed by atoms with Crippen LogP contribution in [0.4, 0.5) is 11.4 Å². The quantitative estimate of drug-likeness (QED) is 0.371. The van der Waals surface area contributed by atoms with Crippen molar-refractivity contribution in [3.05, 3.63) is 44.5 Å². The van der Waals surface area contributed by atoms with E-state index in [-0.39, 0.29) is 11.4 Å². The zero-order valence-corrected chi connectivity index (χ0v) is 8.52. The Labute approximate surface area is 95.2 Å². The fourth-order valence-corrected chi connectivity index (χ4v) is 1.11. The lowest BCUT2D eigenvalue weighted by Gasteiger charge is -2.14. The van der Waals surface area contributed by atoms with Gasteiger partial charge in [0.2, 0.25) is 0 Å². The van der Waals surface area contributed by atoms with Gasteiger partial charge < -0.3 is 16.2 Å². The van der Waals surface area contributed by atoms with E-state index >= 15 is 0 Å². The molecule has 9 nitrogen and oxygen atoms in total. The first-order valence-electron chi connectivity index (χ1n) is 4.50. The van der Waals surface area contributed by atoms with E-state index in [0.717, 1.165) is 6.07 Å². The van der Waals surface area contributed by atoms with Crippen molar-refractivity contribution in [2.45, 2.75) is 12.4 Å². The van der Waals surface area contributed by atoms with Crippen molar-refractivity contribution in [1.29, 1.82) is 0 Å². The Morgan fingerprint density at radius 3 is 2.53 bits per heavy atom. The van der Waals surface area contributed by atoms with E-state index in [9.17, 15) is 20.2 Å². The molecule has 92 valence electrons. The van der Waals surface area contributed by atoms with Crippen LogP contribution in [0.2, 0.25) is 0 Å². The normalized spacial score (nSPS) is 13.8. The first-order chi connectivity index (χ1) is 7.91. The highest BCUT2D eigenvalue weighted by Gasteiger charge is 2.25. The van der Waals surface area contributed by atoms with E-state index in [1.807, 2.05) is 0 Å². The summed E-state index contributed by atoms with van der Waals surface area (Å²) in [5.74, 6) is 0. The van der Waals surface area contributed by atoms with E-state index in [0.29, 0.717) is 0 Å². The largest absolute Gasteiger partial charge is 0.362 e. The number of aliphatic hydroxyl groups is 1. The molecule has 0 amide bonds. The molecule has 0 radical (unpaired) electrons. The number of nitrogens with two attached hydrogens (primary N) is 1. The van der Waals surface area contributed by atoms with Crippen molar-refractivity contribution >= 4 is 11.4 Å². The molecule has 2 unspecified atom stereocenters. The zero-order chi connectivity index (χ0) is 13.0. The highest BCUT2D eigenvalue weighted by molar-refractivity contribution is 5.51. The smallest absolute Gasteiger partial charge is 0.346 e. The predicted octanol–water partition coefficient (Wildman–Crippen LogP) is -0.113. The minimum Gasteiger partial charge on any atom is -0.362 e. The highest BCUT2D eigenvalue weighted by Crippen LogP contribution is 2.17. The van der Waals surface area contributed by atoms with Crippen molar-refractivity contribution in [1.82, 2.24) is 0 Å². The lowest BCUT2D eigenvalue weighted by molar-refractivity contribution is -0.572. The Bertz CT molecular complexity index is 438. The third-order valence-electron chi connectivity index (χ3n) is 1.93. The van der Waals surface area contributed by atoms with Crippen LogP contribution in [0.3, 0.4) is 0 Å². The molecule has 1 rings (SSSR count). The Morgan fingerprint density at radius 2 is 2.00 bits per heavy atom. The fraction of sp³-hybridized carbons (Fsp3) is 0.250. The number of nitrogens with one attached hydrogen (secondary N) is 1. The highest BCUT2D eigenvalue weighted by atomic mass is 16.7. The number of nitrogens with zero attached hydrogens (tertiary/aromatic N) is 2. The van der Waals surface area contributed by atoms with Crippen LogP contribution in [-0.4, -0.2) is 27.3 Å². The summed E-state index contributed by atoms with van der Waals surface area (Å²) in [4.78, 5) is 19.1. The van der Waals surface area contributed by atoms with Gasteiger partial charge in [0.15, 0.2) is 6.17 Å². The Morgan fingerprint density at radius 1 is 1.35 bits per heavy atom. The summed E-state index contributed by atoms with van der Waals surface area (Å²) in [5.41, 5.74) is 5.34. The molecule has 0 heterocycles. The van der Waals surface area contributed by atoms with Gasteiger partial charge in [0.05, 0.1) is 9.85 Å². The molecule has 0 saturated heterocycles. The van der Waals surface area contributed by atoms with Crippen LogP contribution in [0.15, 0.2) is 24.3 Å². The summed E-state index contributed by atoms with van der Waals surface area (Å²) >= 11 is 0. The summed E-state index contributed by atoms with van der Waals surface area (Å²) in [6.45, 7) is 0. The van der Waals surface area contributed by atoms with E-state index < -0.39 is 22.2 Å². The van der Waals surface area contributed by atoms with Gasteiger partial charge in [0.1, 0.15) is 0 Å². The van der Waals surface area contributed by atoms with Crippen LogP contribution < -0.4 is 11.1 Å². The van der Waals surface area contributed by atoms with Gasteiger partial charge in [0, 0.05) is 17.8 Å². The minimum absolute atomic E-state index is 0.183. The standard InChI is InChI=1S/C8H10N4O5/c9-7(8(13)12(16)17)10-5-2-1-3-6(4-5)11(14)15/h1-4,7-8,10,13H,9H2. The second kappa shape index (κ2) is 5.18.